The Kier molecular flexibility index (Phi) is 3.00. The van der Waals surface area contributed by atoms with Crippen molar-refractivity contribution in [1.82, 2.24) is 15.2 Å². The maximum Gasteiger partial charge on any atom is 0.0838 e. The molecule has 2 N–H and O–H groups in total. The van der Waals surface area contributed by atoms with Crippen LogP contribution in [0.1, 0.15) is 18.2 Å². The fourth-order valence-corrected chi connectivity index (χ4v) is 1.51. The lowest BCUT2D eigenvalue weighted by molar-refractivity contribution is 1.07. The molecule has 0 amide bonds. The number of aromatic nitrogens is 3. The van der Waals surface area contributed by atoms with Crippen LogP contribution in [0.25, 0.3) is 5.70 Å². The lowest BCUT2D eigenvalue weighted by Crippen LogP contribution is -2.00. The van der Waals surface area contributed by atoms with Crippen molar-refractivity contribution in [2.75, 3.05) is 5.32 Å². The van der Waals surface area contributed by atoms with Gasteiger partial charge in [-0.2, -0.15) is 5.10 Å². The molecule has 0 aliphatic heterocycles. The minimum Gasteiger partial charge on any atom is -0.353 e. The molecule has 2 aromatic heterocycles. The average molecular weight is 214 g/mol. The van der Waals surface area contributed by atoms with Gasteiger partial charge in [0.15, 0.2) is 0 Å². The van der Waals surface area contributed by atoms with Gasteiger partial charge in [0.05, 0.1) is 29.5 Å². The van der Waals surface area contributed by atoms with E-state index in [2.05, 4.69) is 34.0 Å². The Bertz CT molecular complexity index is 473. The molecule has 0 spiro atoms. The van der Waals surface area contributed by atoms with Gasteiger partial charge in [-0.05, 0) is 24.1 Å². The van der Waals surface area contributed by atoms with Gasteiger partial charge in [0.2, 0.25) is 0 Å². The van der Waals surface area contributed by atoms with Crippen LogP contribution in [0.4, 0.5) is 5.69 Å². The maximum absolute atomic E-state index is 4.03. The van der Waals surface area contributed by atoms with E-state index in [4.69, 9.17) is 0 Å². The van der Waals surface area contributed by atoms with E-state index in [9.17, 15) is 0 Å². The predicted octanol–water partition coefficient (Wildman–Crippen LogP) is 2.45. The molecule has 0 aliphatic rings. The maximum atomic E-state index is 4.03. The fourth-order valence-electron chi connectivity index (χ4n) is 1.51. The van der Waals surface area contributed by atoms with Crippen molar-refractivity contribution in [3.63, 3.8) is 0 Å². The topological polar surface area (TPSA) is 53.6 Å². The second kappa shape index (κ2) is 4.61. The summed E-state index contributed by atoms with van der Waals surface area (Å²) in [5.74, 6) is 0. The Balaban J connectivity index is 2.15. The molecule has 0 aliphatic carbocycles. The summed E-state index contributed by atoms with van der Waals surface area (Å²) < 4.78 is 0. The molecule has 4 heteroatoms. The molecule has 0 fully saturated rings. The van der Waals surface area contributed by atoms with Crippen LogP contribution in [0.15, 0.2) is 37.3 Å². The van der Waals surface area contributed by atoms with E-state index in [1.165, 1.54) is 0 Å². The van der Waals surface area contributed by atoms with Crippen molar-refractivity contribution >= 4 is 11.4 Å². The molecule has 2 heterocycles. The largest absolute Gasteiger partial charge is 0.353 e. The number of H-pyrrole nitrogens is 1. The standard InChI is InChI=1S/C12H14N4/c1-3-10-7-14-16-12(10)9(2)15-11-5-4-6-13-8-11/h4-8,15H,2-3H2,1H3,(H,14,16). The number of nitrogens with one attached hydrogen (secondary N) is 2. The highest BCUT2D eigenvalue weighted by Gasteiger charge is 2.06. The summed E-state index contributed by atoms with van der Waals surface area (Å²) in [6.07, 6.45) is 6.25. The number of rotatable bonds is 4. The molecular formula is C12H14N4. The SMILES string of the molecule is C=C(Nc1cccnc1)c1[nH]ncc1CC. The molecule has 0 atom stereocenters. The van der Waals surface area contributed by atoms with Crippen LogP contribution in [0.5, 0.6) is 0 Å². The molecule has 2 aromatic rings. The van der Waals surface area contributed by atoms with Gasteiger partial charge in [-0.1, -0.05) is 13.5 Å². The molecule has 0 saturated heterocycles. The molecule has 0 aromatic carbocycles. The van der Waals surface area contributed by atoms with Crippen LogP contribution >= 0.6 is 0 Å². The Labute approximate surface area is 94.4 Å². The van der Waals surface area contributed by atoms with Gasteiger partial charge in [0.25, 0.3) is 0 Å². The number of hydrogen-bond acceptors (Lipinski definition) is 3. The molecule has 4 nitrogen and oxygen atoms in total. The first kappa shape index (κ1) is 10.4. The third-order valence-corrected chi connectivity index (χ3v) is 2.36. The van der Waals surface area contributed by atoms with E-state index in [0.717, 1.165) is 29.1 Å². The van der Waals surface area contributed by atoms with Gasteiger partial charge >= 0.3 is 0 Å². The van der Waals surface area contributed by atoms with Crippen LogP contribution in [-0.4, -0.2) is 15.2 Å². The van der Waals surface area contributed by atoms with Gasteiger partial charge in [-0.15, -0.1) is 0 Å². The van der Waals surface area contributed by atoms with Crippen LogP contribution in [0.3, 0.4) is 0 Å². The van der Waals surface area contributed by atoms with Crippen molar-refractivity contribution in [2.24, 2.45) is 0 Å². The lowest BCUT2D eigenvalue weighted by atomic mass is 10.1. The van der Waals surface area contributed by atoms with Crippen molar-refractivity contribution in [3.8, 4) is 0 Å². The van der Waals surface area contributed by atoms with Gasteiger partial charge in [0, 0.05) is 6.20 Å². The summed E-state index contributed by atoms with van der Waals surface area (Å²) in [5.41, 5.74) is 3.83. The van der Waals surface area contributed by atoms with Crippen molar-refractivity contribution < 1.29 is 0 Å². The van der Waals surface area contributed by atoms with E-state index < -0.39 is 0 Å². The van der Waals surface area contributed by atoms with Crippen molar-refractivity contribution in [2.45, 2.75) is 13.3 Å². The zero-order valence-electron chi connectivity index (χ0n) is 9.20. The summed E-state index contributed by atoms with van der Waals surface area (Å²) >= 11 is 0. The number of aromatic amines is 1. The predicted molar refractivity (Wildman–Crippen MR) is 64.9 cm³/mol. The quantitative estimate of drug-likeness (QED) is 0.822. The number of aryl methyl sites for hydroxylation is 1. The number of hydrogen-bond donors (Lipinski definition) is 2. The molecule has 0 bridgehead atoms. The summed E-state index contributed by atoms with van der Waals surface area (Å²) in [7, 11) is 0. The smallest absolute Gasteiger partial charge is 0.0838 e. The lowest BCUT2D eigenvalue weighted by Gasteiger charge is -2.08. The van der Waals surface area contributed by atoms with Crippen molar-refractivity contribution in [1.29, 1.82) is 0 Å². The summed E-state index contributed by atoms with van der Waals surface area (Å²) in [5, 5.41) is 10.1. The van der Waals surface area contributed by atoms with E-state index in [1.54, 1.807) is 12.4 Å². The second-order valence-electron chi connectivity index (χ2n) is 3.47. The first-order valence-electron chi connectivity index (χ1n) is 5.20. The van der Waals surface area contributed by atoms with Crippen LogP contribution < -0.4 is 5.32 Å². The normalized spacial score (nSPS) is 10.1. The van der Waals surface area contributed by atoms with Crippen LogP contribution in [-0.2, 0) is 6.42 Å². The van der Waals surface area contributed by atoms with Crippen LogP contribution in [0.2, 0.25) is 0 Å². The highest BCUT2D eigenvalue weighted by molar-refractivity contribution is 5.74. The zero-order valence-corrected chi connectivity index (χ0v) is 9.20. The second-order valence-corrected chi connectivity index (χ2v) is 3.47. The summed E-state index contributed by atoms with van der Waals surface area (Å²) in [6.45, 7) is 6.08. The number of pyridine rings is 1. The van der Waals surface area contributed by atoms with Gasteiger partial charge in [-0.3, -0.25) is 10.1 Å². The van der Waals surface area contributed by atoms with Gasteiger partial charge < -0.3 is 5.32 Å². The van der Waals surface area contributed by atoms with Crippen LogP contribution in [0, 0.1) is 0 Å². The number of anilines is 1. The molecule has 16 heavy (non-hydrogen) atoms. The minimum atomic E-state index is 0.808. The average Bonchev–Trinajstić information content (AvgIpc) is 2.78. The summed E-state index contributed by atoms with van der Waals surface area (Å²) in [6, 6.07) is 3.82. The van der Waals surface area contributed by atoms with Gasteiger partial charge in [-0.25, -0.2) is 0 Å². The Hall–Kier alpha value is -2.10. The fraction of sp³-hybridized carbons (Fsp3) is 0.167. The Morgan fingerprint density at radius 2 is 2.38 bits per heavy atom. The minimum absolute atomic E-state index is 0.808. The molecule has 2 rings (SSSR count). The third-order valence-electron chi connectivity index (χ3n) is 2.36. The van der Waals surface area contributed by atoms with E-state index in [1.807, 2.05) is 18.3 Å². The molecular weight excluding hydrogens is 200 g/mol. The van der Waals surface area contributed by atoms with Crippen molar-refractivity contribution in [3.05, 3.63) is 48.6 Å². The Morgan fingerprint density at radius 3 is 3.06 bits per heavy atom. The van der Waals surface area contributed by atoms with Gasteiger partial charge in [0.1, 0.15) is 0 Å². The molecule has 0 saturated carbocycles. The monoisotopic (exact) mass is 214 g/mol. The highest BCUT2D eigenvalue weighted by atomic mass is 15.1. The molecule has 0 radical (unpaired) electrons. The molecule has 82 valence electrons. The van der Waals surface area contributed by atoms with E-state index in [0.29, 0.717) is 0 Å². The first-order valence-corrected chi connectivity index (χ1v) is 5.20. The molecule has 0 unspecified atom stereocenters. The first-order chi connectivity index (χ1) is 7.81. The highest BCUT2D eigenvalue weighted by Crippen LogP contribution is 2.17. The summed E-state index contributed by atoms with van der Waals surface area (Å²) in [4.78, 5) is 4.03. The Morgan fingerprint density at radius 1 is 1.50 bits per heavy atom. The van der Waals surface area contributed by atoms with E-state index in [-0.39, 0.29) is 0 Å². The zero-order chi connectivity index (χ0) is 11.4. The third kappa shape index (κ3) is 2.11. The number of nitrogens with zero attached hydrogens (tertiary/aromatic N) is 2. The van der Waals surface area contributed by atoms with E-state index >= 15 is 0 Å².